The van der Waals surface area contributed by atoms with Crippen LogP contribution in [0.15, 0.2) is 36.4 Å². The van der Waals surface area contributed by atoms with E-state index < -0.39 is 6.04 Å². The van der Waals surface area contributed by atoms with Gasteiger partial charge in [0.1, 0.15) is 11.8 Å². The zero-order chi connectivity index (χ0) is 23.1. The van der Waals surface area contributed by atoms with Crippen LogP contribution in [-0.2, 0) is 16.1 Å². The lowest BCUT2D eigenvalue weighted by Crippen LogP contribution is -2.51. The molecular weight excluding hydrogens is 412 g/mol. The van der Waals surface area contributed by atoms with Crippen molar-refractivity contribution >= 4 is 23.4 Å². The Balaban J connectivity index is 2.26. The highest BCUT2D eigenvalue weighted by Crippen LogP contribution is 2.26. The number of hydrogen-bond acceptors (Lipinski definition) is 3. The van der Waals surface area contributed by atoms with E-state index in [0.29, 0.717) is 23.7 Å². The molecule has 0 aliphatic carbocycles. The number of rotatable bonds is 9. The van der Waals surface area contributed by atoms with Crippen LogP contribution >= 0.6 is 11.6 Å². The molecule has 0 heterocycles. The van der Waals surface area contributed by atoms with E-state index in [0.717, 1.165) is 22.3 Å². The van der Waals surface area contributed by atoms with Crippen LogP contribution in [-0.4, -0.2) is 35.4 Å². The fourth-order valence-electron chi connectivity index (χ4n) is 3.49. The Hall–Kier alpha value is -2.53. The molecule has 0 saturated heterocycles. The molecule has 5 nitrogen and oxygen atoms in total. The Labute approximate surface area is 190 Å². The van der Waals surface area contributed by atoms with Gasteiger partial charge in [0.25, 0.3) is 5.91 Å². The third kappa shape index (κ3) is 6.73. The van der Waals surface area contributed by atoms with Crippen LogP contribution in [0.2, 0.25) is 5.02 Å². The second kappa shape index (κ2) is 11.2. The molecule has 168 valence electrons. The van der Waals surface area contributed by atoms with Gasteiger partial charge in [-0.2, -0.15) is 0 Å². The van der Waals surface area contributed by atoms with E-state index in [-0.39, 0.29) is 24.5 Å². The predicted molar refractivity (Wildman–Crippen MR) is 126 cm³/mol. The molecule has 0 fully saturated rings. The summed E-state index contributed by atoms with van der Waals surface area (Å²) in [4.78, 5) is 27.7. The highest BCUT2D eigenvalue weighted by molar-refractivity contribution is 6.32. The van der Waals surface area contributed by atoms with Gasteiger partial charge in [-0.3, -0.25) is 9.59 Å². The van der Waals surface area contributed by atoms with E-state index in [2.05, 4.69) is 5.32 Å². The van der Waals surface area contributed by atoms with Gasteiger partial charge in [0.15, 0.2) is 6.61 Å². The smallest absolute Gasteiger partial charge is 0.261 e. The molecule has 0 unspecified atom stereocenters. The van der Waals surface area contributed by atoms with Crippen molar-refractivity contribution in [2.75, 3.05) is 6.61 Å². The average molecular weight is 445 g/mol. The minimum absolute atomic E-state index is 0.00627. The third-order valence-electron chi connectivity index (χ3n) is 5.19. The molecule has 2 rings (SSSR count). The van der Waals surface area contributed by atoms with E-state index in [9.17, 15) is 9.59 Å². The molecule has 2 amide bonds. The minimum Gasteiger partial charge on any atom is -0.484 e. The lowest BCUT2D eigenvalue weighted by molar-refractivity contribution is -0.143. The van der Waals surface area contributed by atoms with Crippen LogP contribution in [0.5, 0.6) is 5.75 Å². The molecule has 2 aromatic carbocycles. The number of carbonyl (C=O) groups excluding carboxylic acids is 2. The van der Waals surface area contributed by atoms with Crippen molar-refractivity contribution in [1.29, 1.82) is 0 Å². The molecule has 1 atom stereocenters. The van der Waals surface area contributed by atoms with Crippen molar-refractivity contribution in [1.82, 2.24) is 10.2 Å². The van der Waals surface area contributed by atoms with Crippen LogP contribution < -0.4 is 10.1 Å². The Kier molecular flexibility index (Phi) is 8.93. The highest BCUT2D eigenvalue weighted by atomic mass is 35.5. The Bertz CT molecular complexity index is 904. The first-order valence-electron chi connectivity index (χ1n) is 10.7. The fourth-order valence-corrected chi connectivity index (χ4v) is 3.60. The number of carbonyl (C=O) groups is 2. The average Bonchev–Trinajstić information content (AvgIpc) is 2.70. The standard InChI is InChI=1S/C25H33ClN2O3/c1-7-22(25(30)27-16(2)3)28(14-20-11-9-8-10-17(20)4)23(29)15-31-21-12-18(5)24(26)19(6)13-21/h8-13,16,22H,7,14-15H2,1-6H3,(H,27,30)/t22-/m0/s1. The summed E-state index contributed by atoms with van der Waals surface area (Å²) in [7, 11) is 0. The van der Waals surface area contributed by atoms with E-state index in [4.69, 9.17) is 16.3 Å². The molecule has 0 radical (unpaired) electrons. The normalized spacial score (nSPS) is 11.9. The molecule has 6 heteroatoms. The van der Waals surface area contributed by atoms with Crippen molar-refractivity contribution in [3.05, 3.63) is 63.7 Å². The monoisotopic (exact) mass is 444 g/mol. The van der Waals surface area contributed by atoms with Crippen molar-refractivity contribution < 1.29 is 14.3 Å². The summed E-state index contributed by atoms with van der Waals surface area (Å²) in [6.45, 7) is 11.7. The number of aryl methyl sites for hydroxylation is 3. The molecule has 0 aliphatic rings. The number of amides is 2. The summed E-state index contributed by atoms with van der Waals surface area (Å²) >= 11 is 6.23. The van der Waals surface area contributed by atoms with Gasteiger partial charge in [0.2, 0.25) is 5.91 Å². The Morgan fingerprint density at radius 1 is 1.06 bits per heavy atom. The van der Waals surface area contributed by atoms with Crippen molar-refractivity contribution in [2.45, 2.75) is 66.6 Å². The zero-order valence-corrected chi connectivity index (χ0v) is 20.0. The number of halogens is 1. The predicted octanol–water partition coefficient (Wildman–Crippen LogP) is 4.98. The van der Waals surface area contributed by atoms with Crippen LogP contribution in [0.1, 0.15) is 49.4 Å². The maximum Gasteiger partial charge on any atom is 0.261 e. The van der Waals surface area contributed by atoms with Gasteiger partial charge >= 0.3 is 0 Å². The lowest BCUT2D eigenvalue weighted by atomic mass is 10.1. The van der Waals surface area contributed by atoms with Crippen molar-refractivity contribution in [2.24, 2.45) is 0 Å². The Morgan fingerprint density at radius 2 is 1.68 bits per heavy atom. The first-order valence-corrected chi connectivity index (χ1v) is 11.1. The molecule has 0 saturated carbocycles. The van der Waals surface area contributed by atoms with Crippen LogP contribution in [0.25, 0.3) is 0 Å². The molecule has 31 heavy (non-hydrogen) atoms. The maximum atomic E-state index is 13.3. The summed E-state index contributed by atoms with van der Waals surface area (Å²) in [6, 6.07) is 10.9. The second-order valence-corrected chi connectivity index (χ2v) is 8.57. The zero-order valence-electron chi connectivity index (χ0n) is 19.3. The van der Waals surface area contributed by atoms with Crippen LogP contribution in [0.3, 0.4) is 0 Å². The molecule has 0 aliphatic heterocycles. The highest BCUT2D eigenvalue weighted by Gasteiger charge is 2.29. The summed E-state index contributed by atoms with van der Waals surface area (Å²) < 4.78 is 5.81. The molecule has 1 N–H and O–H groups in total. The van der Waals surface area contributed by atoms with E-state index >= 15 is 0 Å². The second-order valence-electron chi connectivity index (χ2n) is 8.20. The number of nitrogens with zero attached hydrogens (tertiary/aromatic N) is 1. The minimum atomic E-state index is -0.577. The fraction of sp³-hybridized carbons (Fsp3) is 0.440. The first-order chi connectivity index (χ1) is 14.6. The van der Waals surface area contributed by atoms with Crippen LogP contribution in [0, 0.1) is 20.8 Å². The third-order valence-corrected chi connectivity index (χ3v) is 5.79. The van der Waals surface area contributed by atoms with Gasteiger partial charge < -0.3 is 15.0 Å². The van der Waals surface area contributed by atoms with Gasteiger partial charge in [0.05, 0.1) is 0 Å². The molecular formula is C25H33ClN2O3. The van der Waals surface area contributed by atoms with E-state index in [1.54, 1.807) is 4.90 Å². The molecule has 0 spiro atoms. The topological polar surface area (TPSA) is 58.6 Å². The van der Waals surface area contributed by atoms with Gasteiger partial charge in [-0.15, -0.1) is 0 Å². The molecule has 0 bridgehead atoms. The van der Waals surface area contributed by atoms with Gasteiger partial charge in [-0.25, -0.2) is 0 Å². The summed E-state index contributed by atoms with van der Waals surface area (Å²) in [5.41, 5.74) is 3.86. The molecule has 2 aromatic rings. The number of hydrogen-bond donors (Lipinski definition) is 1. The maximum absolute atomic E-state index is 13.3. The lowest BCUT2D eigenvalue weighted by Gasteiger charge is -2.31. The van der Waals surface area contributed by atoms with Crippen LogP contribution in [0.4, 0.5) is 0 Å². The Morgan fingerprint density at radius 3 is 2.23 bits per heavy atom. The quantitative estimate of drug-likeness (QED) is 0.593. The largest absolute Gasteiger partial charge is 0.484 e. The van der Waals surface area contributed by atoms with E-state index in [1.807, 2.05) is 77.9 Å². The number of nitrogens with one attached hydrogen (secondary N) is 1. The van der Waals surface area contributed by atoms with Gasteiger partial charge in [-0.1, -0.05) is 42.8 Å². The van der Waals surface area contributed by atoms with Crippen molar-refractivity contribution in [3.8, 4) is 5.75 Å². The molecule has 0 aromatic heterocycles. The summed E-state index contributed by atoms with van der Waals surface area (Å²) in [5.74, 6) is 0.195. The SMILES string of the molecule is CC[C@@H](C(=O)NC(C)C)N(Cc1ccccc1C)C(=O)COc1cc(C)c(Cl)c(C)c1. The van der Waals surface area contributed by atoms with Gasteiger partial charge in [-0.05, 0) is 75.4 Å². The summed E-state index contributed by atoms with van der Waals surface area (Å²) in [5, 5.41) is 3.63. The van der Waals surface area contributed by atoms with E-state index in [1.165, 1.54) is 0 Å². The number of ether oxygens (including phenoxy) is 1. The van der Waals surface area contributed by atoms with Gasteiger partial charge in [0, 0.05) is 17.6 Å². The first kappa shape index (κ1) is 24.7. The summed E-state index contributed by atoms with van der Waals surface area (Å²) in [6.07, 6.45) is 0.509. The number of benzene rings is 2. The van der Waals surface area contributed by atoms with Crippen molar-refractivity contribution in [3.63, 3.8) is 0 Å².